The summed E-state index contributed by atoms with van der Waals surface area (Å²) in [4.78, 5) is 11.7. The van der Waals surface area contributed by atoms with Gasteiger partial charge in [0.25, 0.3) is 0 Å². The van der Waals surface area contributed by atoms with Crippen LogP contribution in [-0.4, -0.2) is 35.6 Å². The molecular weight excluding hydrogens is 381 g/mol. The third kappa shape index (κ3) is 6.93. The molecule has 0 unspecified atom stereocenters. The fraction of sp³-hybridized carbons (Fsp3) is 0.353. The first-order valence-electron chi connectivity index (χ1n) is 8.30. The van der Waals surface area contributed by atoms with Crippen LogP contribution in [0.4, 0.5) is 19.1 Å². The Kier molecular flexibility index (Phi) is 7.66. The van der Waals surface area contributed by atoms with E-state index in [-0.39, 0.29) is 5.95 Å². The highest BCUT2D eigenvalue weighted by Gasteiger charge is 2.32. The first kappa shape index (κ1) is 20.8. The molecule has 0 amide bonds. The fourth-order valence-electron chi connectivity index (χ4n) is 2.09. The monoisotopic (exact) mass is 400 g/mol. The molecule has 1 heterocycles. The molecule has 0 aliphatic heterocycles. The number of aromatic nitrogens is 2. The van der Waals surface area contributed by atoms with Crippen LogP contribution in [0.5, 0.6) is 0 Å². The zero-order chi connectivity index (χ0) is 19.7. The third-order valence-corrected chi connectivity index (χ3v) is 3.72. The number of hydrogen-bond donors (Lipinski definition) is 3. The van der Waals surface area contributed by atoms with Crippen molar-refractivity contribution in [3.8, 4) is 0 Å². The lowest BCUT2D eigenvalue weighted by Crippen LogP contribution is -2.39. The summed E-state index contributed by atoms with van der Waals surface area (Å²) in [6.45, 7) is 3.73. The van der Waals surface area contributed by atoms with Gasteiger partial charge in [0, 0.05) is 30.9 Å². The average molecular weight is 401 g/mol. The predicted molar refractivity (Wildman–Crippen MR) is 99.8 cm³/mol. The van der Waals surface area contributed by atoms with Crippen molar-refractivity contribution in [3.63, 3.8) is 0 Å². The second kappa shape index (κ2) is 9.96. The maximum atomic E-state index is 12.6. The molecule has 0 aliphatic rings. The maximum absolute atomic E-state index is 12.6. The van der Waals surface area contributed by atoms with Crippen LogP contribution in [0.3, 0.4) is 0 Å². The number of nitrogens with one attached hydrogen (secondary N) is 3. The predicted octanol–water partition coefficient (Wildman–Crippen LogP) is 3.32. The summed E-state index contributed by atoms with van der Waals surface area (Å²) in [5.41, 5.74) is -0.0885. The Morgan fingerprint density at radius 2 is 1.93 bits per heavy atom. The number of guanidine groups is 1. The van der Waals surface area contributed by atoms with Gasteiger partial charge in [-0.3, -0.25) is 0 Å². The van der Waals surface area contributed by atoms with Crippen LogP contribution in [-0.2, 0) is 12.7 Å². The van der Waals surface area contributed by atoms with Crippen molar-refractivity contribution in [1.29, 1.82) is 0 Å². The van der Waals surface area contributed by atoms with E-state index in [2.05, 4.69) is 30.9 Å². The van der Waals surface area contributed by atoms with Gasteiger partial charge in [0.15, 0.2) is 5.96 Å². The van der Waals surface area contributed by atoms with E-state index in [1.165, 1.54) is 0 Å². The van der Waals surface area contributed by atoms with E-state index < -0.39 is 11.9 Å². The summed E-state index contributed by atoms with van der Waals surface area (Å²) in [7, 11) is 0. The first-order valence-corrected chi connectivity index (χ1v) is 8.67. The Balaban J connectivity index is 1.86. The van der Waals surface area contributed by atoms with Gasteiger partial charge in [0.1, 0.15) is 5.69 Å². The molecule has 0 saturated carbocycles. The number of aliphatic imine (C=N–C) groups is 1. The average Bonchev–Trinajstić information content (AvgIpc) is 2.64. The van der Waals surface area contributed by atoms with Gasteiger partial charge in [-0.1, -0.05) is 29.8 Å². The Bertz CT molecular complexity index is 766. The quantitative estimate of drug-likeness (QED) is 0.378. The summed E-state index contributed by atoms with van der Waals surface area (Å²) in [6, 6.07) is 8.25. The molecule has 0 bridgehead atoms. The normalized spacial score (nSPS) is 12.0. The lowest BCUT2D eigenvalue weighted by molar-refractivity contribution is -0.141. The maximum Gasteiger partial charge on any atom is 0.433 e. The van der Waals surface area contributed by atoms with Gasteiger partial charge >= 0.3 is 6.18 Å². The Hall–Kier alpha value is -2.55. The topological polar surface area (TPSA) is 74.2 Å². The number of anilines is 1. The highest BCUT2D eigenvalue weighted by molar-refractivity contribution is 6.31. The van der Waals surface area contributed by atoms with Crippen LogP contribution < -0.4 is 16.0 Å². The molecule has 0 radical (unpaired) electrons. The van der Waals surface area contributed by atoms with Crippen LogP contribution in [0.2, 0.25) is 5.02 Å². The van der Waals surface area contributed by atoms with Crippen molar-refractivity contribution < 1.29 is 13.2 Å². The van der Waals surface area contributed by atoms with Gasteiger partial charge in [-0.05, 0) is 24.6 Å². The molecule has 3 N–H and O–H groups in total. The number of hydrogen-bond acceptors (Lipinski definition) is 4. The van der Waals surface area contributed by atoms with Gasteiger partial charge in [-0.15, -0.1) is 0 Å². The van der Waals surface area contributed by atoms with Crippen molar-refractivity contribution in [3.05, 3.63) is 52.8 Å². The molecule has 2 rings (SSSR count). The van der Waals surface area contributed by atoms with Crippen LogP contribution in [0, 0.1) is 0 Å². The van der Waals surface area contributed by atoms with Crippen LogP contribution in [0.15, 0.2) is 41.5 Å². The van der Waals surface area contributed by atoms with E-state index in [1.54, 1.807) is 6.07 Å². The van der Waals surface area contributed by atoms with E-state index in [1.807, 2.05) is 25.1 Å². The molecule has 27 heavy (non-hydrogen) atoms. The largest absolute Gasteiger partial charge is 0.433 e. The van der Waals surface area contributed by atoms with Gasteiger partial charge in [-0.2, -0.15) is 13.2 Å². The van der Waals surface area contributed by atoms with Gasteiger partial charge in [-0.25, -0.2) is 15.0 Å². The third-order valence-electron chi connectivity index (χ3n) is 3.36. The molecule has 2 aromatic rings. The number of nitrogens with zero attached hydrogens (tertiary/aromatic N) is 3. The minimum atomic E-state index is -4.50. The summed E-state index contributed by atoms with van der Waals surface area (Å²) in [6.07, 6.45) is -3.43. The van der Waals surface area contributed by atoms with E-state index >= 15 is 0 Å². The first-order chi connectivity index (χ1) is 12.9. The molecule has 0 aliphatic carbocycles. The van der Waals surface area contributed by atoms with Gasteiger partial charge in [0.05, 0.1) is 6.54 Å². The number of rotatable bonds is 7. The fourth-order valence-corrected chi connectivity index (χ4v) is 2.29. The van der Waals surface area contributed by atoms with Crippen molar-refractivity contribution in [2.75, 3.05) is 25.0 Å². The summed E-state index contributed by atoms with van der Waals surface area (Å²) < 4.78 is 37.9. The van der Waals surface area contributed by atoms with E-state index in [0.717, 1.165) is 17.8 Å². The van der Waals surface area contributed by atoms with Gasteiger partial charge < -0.3 is 16.0 Å². The molecule has 1 aromatic heterocycles. The Morgan fingerprint density at radius 1 is 1.15 bits per heavy atom. The molecule has 6 nitrogen and oxygen atoms in total. The molecule has 0 saturated heterocycles. The zero-order valence-electron chi connectivity index (χ0n) is 14.6. The Morgan fingerprint density at radius 3 is 2.63 bits per heavy atom. The van der Waals surface area contributed by atoms with Crippen LogP contribution >= 0.6 is 11.6 Å². The Labute approximate surface area is 160 Å². The molecule has 146 valence electrons. The van der Waals surface area contributed by atoms with Crippen molar-refractivity contribution in [2.45, 2.75) is 19.6 Å². The lowest BCUT2D eigenvalue weighted by Gasteiger charge is -2.12. The molecule has 0 atom stereocenters. The summed E-state index contributed by atoms with van der Waals surface area (Å²) >= 11 is 6.11. The lowest BCUT2D eigenvalue weighted by atomic mass is 10.2. The second-order valence-electron chi connectivity index (χ2n) is 5.40. The molecular formula is C17H20ClF3N6. The molecule has 0 spiro atoms. The minimum absolute atomic E-state index is 0.0790. The van der Waals surface area contributed by atoms with E-state index in [4.69, 9.17) is 11.6 Å². The summed E-state index contributed by atoms with van der Waals surface area (Å²) in [5, 5.41) is 9.56. The van der Waals surface area contributed by atoms with E-state index in [0.29, 0.717) is 37.2 Å². The highest BCUT2D eigenvalue weighted by atomic mass is 35.5. The second-order valence-corrected chi connectivity index (χ2v) is 5.81. The SMILES string of the molecule is CCNC(=NCc1ccccc1Cl)NCCNc1nccc(C(F)(F)F)n1. The van der Waals surface area contributed by atoms with Crippen molar-refractivity contribution in [2.24, 2.45) is 4.99 Å². The molecule has 1 aromatic carbocycles. The number of benzene rings is 1. The molecule has 10 heteroatoms. The van der Waals surface area contributed by atoms with Crippen LogP contribution in [0.1, 0.15) is 18.2 Å². The minimum Gasteiger partial charge on any atom is -0.357 e. The number of alkyl halides is 3. The summed E-state index contributed by atoms with van der Waals surface area (Å²) in [5.74, 6) is 0.494. The van der Waals surface area contributed by atoms with E-state index in [9.17, 15) is 13.2 Å². The zero-order valence-corrected chi connectivity index (χ0v) is 15.4. The van der Waals surface area contributed by atoms with Gasteiger partial charge in [0.2, 0.25) is 5.95 Å². The van der Waals surface area contributed by atoms with Crippen LogP contribution in [0.25, 0.3) is 0 Å². The standard InChI is InChI=1S/C17H20ClF3N6/c1-2-22-15(26-11-12-5-3-4-6-13(12)18)24-9-10-25-16-23-8-7-14(27-16)17(19,20)21/h3-8H,2,9-11H2,1H3,(H2,22,24,26)(H,23,25,27). The van der Waals surface area contributed by atoms with Crippen molar-refractivity contribution in [1.82, 2.24) is 20.6 Å². The smallest absolute Gasteiger partial charge is 0.357 e. The highest BCUT2D eigenvalue weighted by Crippen LogP contribution is 2.27. The molecule has 0 fully saturated rings. The van der Waals surface area contributed by atoms with Crippen molar-refractivity contribution >= 4 is 23.5 Å². The number of halogens is 4.